The number of carbonyl (C=O) groups is 4. The number of urea groups is 1. The second-order valence-electron chi connectivity index (χ2n) is 8.64. The summed E-state index contributed by atoms with van der Waals surface area (Å²) in [5.74, 6) is -1.24. The van der Waals surface area contributed by atoms with Crippen LogP contribution in [0.4, 0.5) is 10.5 Å². The molecular weight excluding hydrogens is 484 g/mol. The Balaban J connectivity index is 2.98. The van der Waals surface area contributed by atoms with E-state index in [-0.39, 0.29) is 38.0 Å². The number of ether oxygens (including phenoxy) is 2. The predicted octanol–water partition coefficient (Wildman–Crippen LogP) is -0.434. The highest BCUT2D eigenvalue weighted by molar-refractivity contribution is 5.98. The Morgan fingerprint density at radius 3 is 2.38 bits per heavy atom. The number of anilines is 1. The van der Waals surface area contributed by atoms with E-state index in [9.17, 15) is 24.3 Å². The lowest BCUT2D eigenvalue weighted by molar-refractivity contribution is -0.131. The molecule has 13 nitrogen and oxygen atoms in total. The molecule has 208 valence electrons. The molecule has 2 atom stereocenters. The summed E-state index contributed by atoms with van der Waals surface area (Å²) in [7, 11) is 0. The SMILES string of the molecule is CC(=O)NC(C(=O)N[C@@H](CCCNC(N)=O)C(=O)Nc1ccc(CO)c(OCCOCCN)c1)C(C)C. The number of aliphatic hydroxyl groups is 1. The van der Waals surface area contributed by atoms with Crippen molar-refractivity contribution in [3.8, 4) is 5.75 Å². The molecule has 0 saturated carbocycles. The van der Waals surface area contributed by atoms with Gasteiger partial charge in [0.2, 0.25) is 17.7 Å². The van der Waals surface area contributed by atoms with Crippen molar-refractivity contribution in [3.05, 3.63) is 23.8 Å². The highest BCUT2D eigenvalue weighted by atomic mass is 16.5. The lowest BCUT2D eigenvalue weighted by atomic mass is 10.0. The molecule has 13 heteroatoms. The van der Waals surface area contributed by atoms with Gasteiger partial charge in [-0.25, -0.2) is 4.79 Å². The number of nitrogens with one attached hydrogen (secondary N) is 4. The molecule has 1 rings (SSSR count). The molecule has 1 aromatic rings. The lowest BCUT2D eigenvalue weighted by Gasteiger charge is -2.25. The van der Waals surface area contributed by atoms with Gasteiger partial charge in [-0.3, -0.25) is 14.4 Å². The number of carbonyl (C=O) groups excluding carboxylic acids is 4. The Kier molecular flexibility index (Phi) is 14.6. The van der Waals surface area contributed by atoms with E-state index in [1.807, 2.05) is 0 Å². The van der Waals surface area contributed by atoms with Crippen molar-refractivity contribution in [1.82, 2.24) is 16.0 Å². The van der Waals surface area contributed by atoms with Crippen molar-refractivity contribution in [2.75, 3.05) is 38.2 Å². The van der Waals surface area contributed by atoms with Crippen LogP contribution in [0.3, 0.4) is 0 Å². The van der Waals surface area contributed by atoms with Crippen LogP contribution in [0.2, 0.25) is 0 Å². The highest BCUT2D eigenvalue weighted by Crippen LogP contribution is 2.24. The highest BCUT2D eigenvalue weighted by Gasteiger charge is 2.28. The largest absolute Gasteiger partial charge is 0.491 e. The van der Waals surface area contributed by atoms with Crippen LogP contribution in [0, 0.1) is 5.92 Å². The number of aliphatic hydroxyl groups excluding tert-OH is 1. The molecule has 0 saturated heterocycles. The average molecular weight is 525 g/mol. The molecule has 0 heterocycles. The third kappa shape index (κ3) is 12.4. The van der Waals surface area contributed by atoms with Gasteiger partial charge in [0.05, 0.1) is 19.8 Å². The fourth-order valence-corrected chi connectivity index (χ4v) is 3.32. The van der Waals surface area contributed by atoms with E-state index in [1.54, 1.807) is 32.0 Å². The molecule has 5 amide bonds. The number of amides is 5. The van der Waals surface area contributed by atoms with Gasteiger partial charge in [-0.05, 0) is 24.8 Å². The minimum absolute atomic E-state index is 0.194. The quantitative estimate of drug-likeness (QED) is 0.133. The van der Waals surface area contributed by atoms with Gasteiger partial charge in [0.15, 0.2) is 0 Å². The van der Waals surface area contributed by atoms with E-state index in [4.69, 9.17) is 20.9 Å². The molecule has 0 aromatic heterocycles. The van der Waals surface area contributed by atoms with Crippen LogP contribution in [-0.2, 0) is 25.7 Å². The first kappa shape index (κ1) is 31.6. The van der Waals surface area contributed by atoms with Gasteiger partial charge < -0.3 is 47.3 Å². The van der Waals surface area contributed by atoms with Gasteiger partial charge in [0.25, 0.3) is 0 Å². The maximum Gasteiger partial charge on any atom is 0.312 e. The summed E-state index contributed by atoms with van der Waals surface area (Å²) in [6.45, 7) is 6.11. The normalized spacial score (nSPS) is 12.4. The number of rotatable bonds is 17. The number of primary amides is 1. The Morgan fingerprint density at radius 1 is 1.05 bits per heavy atom. The zero-order valence-electron chi connectivity index (χ0n) is 21.7. The second kappa shape index (κ2) is 17.1. The maximum atomic E-state index is 13.1. The summed E-state index contributed by atoms with van der Waals surface area (Å²) in [6.07, 6.45) is 0.549. The standard InChI is InChI=1S/C24H40N6O7/c1-15(2)21(28-16(3)32)23(34)30-19(5-4-9-27-24(26)35)22(33)29-18-7-6-17(14-31)20(13-18)37-12-11-36-10-8-25/h6-7,13,15,19,21,31H,4-5,8-12,14,25H2,1-3H3,(H,28,32)(H,29,33)(H,30,34)(H3,26,27,35)/t19-,21?/m0/s1. The first-order chi connectivity index (χ1) is 17.6. The summed E-state index contributed by atoms with van der Waals surface area (Å²) in [5.41, 5.74) is 11.4. The molecule has 0 radical (unpaired) electrons. The van der Waals surface area contributed by atoms with Crippen molar-refractivity contribution >= 4 is 29.4 Å². The summed E-state index contributed by atoms with van der Waals surface area (Å²) >= 11 is 0. The zero-order valence-corrected chi connectivity index (χ0v) is 21.7. The summed E-state index contributed by atoms with van der Waals surface area (Å²) < 4.78 is 11.0. The van der Waals surface area contributed by atoms with Gasteiger partial charge in [0.1, 0.15) is 24.4 Å². The number of hydrogen-bond acceptors (Lipinski definition) is 8. The van der Waals surface area contributed by atoms with Crippen molar-refractivity contribution < 1.29 is 33.8 Å². The van der Waals surface area contributed by atoms with Crippen LogP contribution in [0.25, 0.3) is 0 Å². The Labute approximate surface area is 217 Å². The van der Waals surface area contributed by atoms with E-state index >= 15 is 0 Å². The molecule has 0 aliphatic carbocycles. The first-order valence-corrected chi connectivity index (χ1v) is 12.1. The molecule has 0 aliphatic heterocycles. The maximum absolute atomic E-state index is 13.1. The van der Waals surface area contributed by atoms with Gasteiger partial charge in [-0.2, -0.15) is 0 Å². The molecule has 37 heavy (non-hydrogen) atoms. The smallest absolute Gasteiger partial charge is 0.312 e. The third-order valence-corrected chi connectivity index (χ3v) is 5.16. The fourth-order valence-electron chi connectivity index (χ4n) is 3.32. The minimum atomic E-state index is -0.969. The zero-order chi connectivity index (χ0) is 27.8. The molecule has 9 N–H and O–H groups in total. The van der Waals surface area contributed by atoms with Gasteiger partial charge in [0, 0.05) is 37.3 Å². The molecule has 0 aliphatic rings. The van der Waals surface area contributed by atoms with Crippen LogP contribution in [-0.4, -0.2) is 73.9 Å². The van der Waals surface area contributed by atoms with E-state index < -0.39 is 29.9 Å². The Morgan fingerprint density at radius 2 is 1.78 bits per heavy atom. The Hall–Kier alpha value is -3.42. The average Bonchev–Trinajstić information content (AvgIpc) is 2.83. The van der Waals surface area contributed by atoms with E-state index in [2.05, 4.69) is 21.3 Å². The van der Waals surface area contributed by atoms with Crippen molar-refractivity contribution in [3.63, 3.8) is 0 Å². The third-order valence-electron chi connectivity index (χ3n) is 5.16. The van der Waals surface area contributed by atoms with Crippen LogP contribution in [0.1, 0.15) is 39.2 Å². The molecule has 1 aromatic carbocycles. The lowest BCUT2D eigenvalue weighted by Crippen LogP contribution is -2.54. The van der Waals surface area contributed by atoms with E-state index in [0.29, 0.717) is 43.2 Å². The second-order valence-corrected chi connectivity index (χ2v) is 8.64. The van der Waals surface area contributed by atoms with Crippen molar-refractivity contribution in [2.24, 2.45) is 17.4 Å². The first-order valence-electron chi connectivity index (χ1n) is 12.1. The van der Waals surface area contributed by atoms with Crippen LogP contribution < -0.4 is 37.5 Å². The fraction of sp³-hybridized carbons (Fsp3) is 0.583. The van der Waals surface area contributed by atoms with Gasteiger partial charge in [-0.15, -0.1) is 0 Å². The molecular formula is C24H40N6O7. The van der Waals surface area contributed by atoms with E-state index in [1.165, 1.54) is 6.92 Å². The van der Waals surface area contributed by atoms with Crippen molar-refractivity contribution in [1.29, 1.82) is 0 Å². The molecule has 0 spiro atoms. The summed E-state index contributed by atoms with van der Waals surface area (Å²) in [4.78, 5) is 48.5. The van der Waals surface area contributed by atoms with Gasteiger partial charge >= 0.3 is 6.03 Å². The summed E-state index contributed by atoms with van der Waals surface area (Å²) in [5, 5.41) is 20.1. The topological polar surface area (TPSA) is 207 Å². The van der Waals surface area contributed by atoms with E-state index in [0.717, 1.165) is 0 Å². The van der Waals surface area contributed by atoms with Gasteiger partial charge in [-0.1, -0.05) is 19.9 Å². The minimum Gasteiger partial charge on any atom is -0.491 e. The predicted molar refractivity (Wildman–Crippen MR) is 138 cm³/mol. The number of hydrogen-bond donors (Lipinski definition) is 7. The van der Waals surface area contributed by atoms with Crippen LogP contribution >= 0.6 is 0 Å². The summed E-state index contributed by atoms with van der Waals surface area (Å²) in [6, 6.07) is 2.28. The number of nitrogens with two attached hydrogens (primary N) is 2. The molecule has 1 unspecified atom stereocenters. The molecule has 0 fully saturated rings. The van der Waals surface area contributed by atoms with Crippen molar-refractivity contribution in [2.45, 2.75) is 52.3 Å². The van der Waals surface area contributed by atoms with Crippen LogP contribution in [0.15, 0.2) is 18.2 Å². The Bertz CT molecular complexity index is 896. The monoisotopic (exact) mass is 524 g/mol. The van der Waals surface area contributed by atoms with Crippen LogP contribution in [0.5, 0.6) is 5.75 Å². The molecule has 0 bridgehead atoms. The number of benzene rings is 1.